The molecule has 0 unspecified atom stereocenters. The highest BCUT2D eigenvalue weighted by Gasteiger charge is 2.49. The minimum Gasteiger partial charge on any atom is -0.340 e. The molecule has 2 atom stereocenters. The molecule has 0 radical (unpaired) electrons. The number of guanidine groups is 1. The van der Waals surface area contributed by atoms with Crippen LogP contribution in [0.2, 0.25) is 0 Å². The number of aliphatic imine (C=N–C) groups is 1. The van der Waals surface area contributed by atoms with Gasteiger partial charge in [-0.1, -0.05) is 42.5 Å². The normalized spacial score (nSPS) is 19.6. The number of fused-ring (bicyclic) bond motifs is 5. The quantitative estimate of drug-likeness (QED) is 0.222. The van der Waals surface area contributed by atoms with Gasteiger partial charge in [0.15, 0.2) is 5.82 Å². The third-order valence-corrected chi connectivity index (χ3v) is 8.36. The van der Waals surface area contributed by atoms with Crippen LogP contribution in [0.15, 0.2) is 71.7 Å². The van der Waals surface area contributed by atoms with Gasteiger partial charge in [0.1, 0.15) is 15.1 Å². The number of nitrogens with zero attached hydrogens (tertiary/aromatic N) is 6. The van der Waals surface area contributed by atoms with Crippen molar-refractivity contribution in [2.24, 2.45) is 4.99 Å². The van der Waals surface area contributed by atoms with Gasteiger partial charge in [0.25, 0.3) is 5.91 Å². The van der Waals surface area contributed by atoms with Gasteiger partial charge in [-0.2, -0.15) is 5.10 Å². The molecule has 1 fully saturated rings. The molecule has 7 rings (SSSR count). The lowest BCUT2D eigenvalue weighted by Crippen LogP contribution is -2.51. The fraction of sp³-hybridized carbons (Fsp3) is 0.267. The zero-order valence-corrected chi connectivity index (χ0v) is 24.0. The molecule has 1 saturated carbocycles. The lowest BCUT2D eigenvalue weighted by atomic mass is 10.1. The van der Waals surface area contributed by atoms with Crippen molar-refractivity contribution in [2.45, 2.75) is 44.8 Å². The molecular formula is C30H28IN7O. The summed E-state index contributed by atoms with van der Waals surface area (Å²) in [6.07, 6.45) is 3.26. The highest BCUT2D eigenvalue weighted by atomic mass is 127. The summed E-state index contributed by atoms with van der Waals surface area (Å²) in [5, 5.41) is 8.59. The van der Waals surface area contributed by atoms with Crippen LogP contribution in [0.4, 0.5) is 17.3 Å². The Hall–Kier alpha value is -3.73. The lowest BCUT2D eigenvalue weighted by molar-refractivity contribution is 0.0866. The van der Waals surface area contributed by atoms with E-state index in [1.165, 1.54) is 5.56 Å². The molecule has 1 N–H and O–H groups in total. The third kappa shape index (κ3) is 4.19. The number of carbonyl (C=O) groups excluding carboxylic acids is 1. The van der Waals surface area contributed by atoms with Crippen LogP contribution in [0.5, 0.6) is 0 Å². The van der Waals surface area contributed by atoms with Gasteiger partial charge in [-0.3, -0.25) is 14.6 Å². The molecule has 0 bridgehead atoms. The number of hydrogen-bond donors (Lipinski definition) is 1. The van der Waals surface area contributed by atoms with Crippen molar-refractivity contribution in [3.05, 3.63) is 87.1 Å². The highest BCUT2D eigenvalue weighted by Crippen LogP contribution is 2.43. The number of hydrogen-bond acceptors (Lipinski definition) is 6. The van der Waals surface area contributed by atoms with Crippen molar-refractivity contribution >= 4 is 51.8 Å². The van der Waals surface area contributed by atoms with Gasteiger partial charge in [-0.15, -0.1) is 0 Å². The molecule has 39 heavy (non-hydrogen) atoms. The Labute approximate surface area is 240 Å². The van der Waals surface area contributed by atoms with Crippen LogP contribution in [0, 0.1) is 10.6 Å². The summed E-state index contributed by atoms with van der Waals surface area (Å²) < 4.78 is 2.91. The molecule has 4 heterocycles. The van der Waals surface area contributed by atoms with E-state index in [2.05, 4.69) is 76.1 Å². The Morgan fingerprint density at radius 2 is 1.85 bits per heavy atom. The molecule has 3 aliphatic rings. The number of rotatable bonds is 5. The van der Waals surface area contributed by atoms with Gasteiger partial charge in [0.2, 0.25) is 5.96 Å². The van der Waals surface area contributed by atoms with Gasteiger partial charge >= 0.3 is 0 Å². The molecule has 8 nitrogen and oxygen atoms in total. The molecule has 9 heteroatoms. The molecular weight excluding hydrogens is 601 g/mol. The number of nitrogens with one attached hydrogen (secondary N) is 1. The lowest BCUT2D eigenvalue weighted by Gasteiger charge is -2.34. The summed E-state index contributed by atoms with van der Waals surface area (Å²) in [6, 6.07) is 23.0. The topological polar surface area (TPSA) is 78.6 Å². The van der Waals surface area contributed by atoms with E-state index in [9.17, 15) is 4.79 Å². The van der Waals surface area contributed by atoms with Gasteiger partial charge in [-0.25, -0.2) is 14.7 Å². The molecule has 0 saturated heterocycles. The summed E-state index contributed by atoms with van der Waals surface area (Å²) in [5.74, 6) is 2.05. The maximum atomic E-state index is 13.7. The number of amides is 1. The molecule has 2 aliphatic heterocycles. The number of aryl methyl sites for hydroxylation is 1. The van der Waals surface area contributed by atoms with Crippen molar-refractivity contribution in [1.82, 2.24) is 19.7 Å². The smallest absolute Gasteiger partial charge is 0.267 e. The Morgan fingerprint density at radius 1 is 1.05 bits per heavy atom. The Morgan fingerprint density at radius 3 is 2.62 bits per heavy atom. The van der Waals surface area contributed by atoms with E-state index in [4.69, 9.17) is 15.1 Å². The molecule has 4 aromatic rings. The first kappa shape index (κ1) is 24.3. The molecule has 2 aromatic carbocycles. The number of carbonyl (C=O) groups is 1. The standard InChI is InChI=1S/C30H28IN7O/c1-18-15-23(33-25(31)16-18)20-13-11-19(12-14-20)17-37-27(32-21-7-4-3-5-8-21)26-28(35-37)38-24-10-6-9-22(24)34-30(38)36(2)29(26)39/h3-5,7-8,11-16,22,24,32H,6,9-10,17H2,1-2H3/t22-,24+/m1/s1. The maximum Gasteiger partial charge on any atom is 0.267 e. The third-order valence-electron chi connectivity index (χ3n) is 7.81. The van der Waals surface area contributed by atoms with E-state index < -0.39 is 0 Å². The predicted molar refractivity (Wildman–Crippen MR) is 162 cm³/mol. The molecule has 0 spiro atoms. The van der Waals surface area contributed by atoms with Crippen LogP contribution in [-0.2, 0) is 6.54 Å². The molecule has 2 aromatic heterocycles. The van der Waals surface area contributed by atoms with Crippen molar-refractivity contribution in [2.75, 3.05) is 17.3 Å². The van der Waals surface area contributed by atoms with Crippen molar-refractivity contribution < 1.29 is 4.79 Å². The summed E-state index contributed by atoms with van der Waals surface area (Å²) in [6.45, 7) is 2.61. The Kier molecular flexibility index (Phi) is 5.91. The number of benzene rings is 2. The van der Waals surface area contributed by atoms with Crippen LogP contribution in [0.3, 0.4) is 0 Å². The van der Waals surface area contributed by atoms with Gasteiger partial charge in [0.05, 0.1) is 24.3 Å². The second-order valence-corrected chi connectivity index (χ2v) is 11.6. The number of aromatic nitrogens is 3. The largest absolute Gasteiger partial charge is 0.340 e. The SMILES string of the molecule is Cc1cc(I)nc(-c2ccc(Cn3nc4c(c3Nc3ccccc3)C(=O)N(C)C3=N[C@@H]5CCC[C@@H]5N34)cc2)c1. The maximum absolute atomic E-state index is 13.7. The summed E-state index contributed by atoms with van der Waals surface area (Å²) in [5.41, 5.74) is 5.83. The van der Waals surface area contributed by atoms with E-state index in [0.29, 0.717) is 23.7 Å². The minimum atomic E-state index is -0.0832. The van der Waals surface area contributed by atoms with Crippen molar-refractivity contribution in [3.8, 4) is 11.3 Å². The van der Waals surface area contributed by atoms with Crippen LogP contribution in [0.1, 0.15) is 40.7 Å². The minimum absolute atomic E-state index is 0.0832. The van der Waals surface area contributed by atoms with Crippen LogP contribution in [0.25, 0.3) is 11.3 Å². The first-order chi connectivity index (χ1) is 19.0. The number of anilines is 3. The van der Waals surface area contributed by atoms with E-state index in [1.54, 1.807) is 4.90 Å². The van der Waals surface area contributed by atoms with E-state index in [1.807, 2.05) is 42.1 Å². The van der Waals surface area contributed by atoms with E-state index >= 15 is 0 Å². The number of para-hydroxylation sites is 1. The van der Waals surface area contributed by atoms with Crippen LogP contribution < -0.4 is 10.2 Å². The monoisotopic (exact) mass is 629 g/mol. The summed E-state index contributed by atoms with van der Waals surface area (Å²) in [4.78, 5) is 27.2. The van der Waals surface area contributed by atoms with Crippen molar-refractivity contribution in [1.29, 1.82) is 0 Å². The van der Waals surface area contributed by atoms with Gasteiger partial charge in [0, 0.05) is 18.3 Å². The second-order valence-electron chi connectivity index (χ2n) is 10.5. The first-order valence-corrected chi connectivity index (χ1v) is 14.4. The highest BCUT2D eigenvalue weighted by molar-refractivity contribution is 14.1. The van der Waals surface area contributed by atoms with Crippen LogP contribution >= 0.6 is 22.6 Å². The first-order valence-electron chi connectivity index (χ1n) is 13.3. The zero-order valence-electron chi connectivity index (χ0n) is 21.8. The average molecular weight is 630 g/mol. The molecule has 1 amide bonds. The Bertz CT molecular complexity index is 1590. The van der Waals surface area contributed by atoms with Gasteiger partial charge < -0.3 is 5.32 Å². The number of halogens is 1. The second kappa shape index (κ2) is 9.48. The number of pyridine rings is 1. The molecule has 196 valence electrons. The van der Waals surface area contributed by atoms with E-state index in [-0.39, 0.29) is 18.0 Å². The Balaban J connectivity index is 1.29. The predicted octanol–water partition coefficient (Wildman–Crippen LogP) is 5.83. The zero-order chi connectivity index (χ0) is 26.7. The van der Waals surface area contributed by atoms with E-state index in [0.717, 1.165) is 51.4 Å². The average Bonchev–Trinajstić information content (AvgIpc) is 3.62. The van der Waals surface area contributed by atoms with Crippen molar-refractivity contribution in [3.63, 3.8) is 0 Å². The van der Waals surface area contributed by atoms with Gasteiger partial charge in [-0.05, 0) is 84.2 Å². The van der Waals surface area contributed by atoms with Crippen LogP contribution in [-0.4, -0.2) is 50.7 Å². The fourth-order valence-corrected chi connectivity index (χ4v) is 6.68. The molecule has 1 aliphatic carbocycles. The summed E-state index contributed by atoms with van der Waals surface area (Å²) >= 11 is 2.26. The fourth-order valence-electron chi connectivity index (χ4n) is 5.93. The summed E-state index contributed by atoms with van der Waals surface area (Å²) in [7, 11) is 1.82.